The van der Waals surface area contributed by atoms with Gasteiger partial charge in [-0.3, -0.25) is 0 Å². The third-order valence-electron chi connectivity index (χ3n) is 3.39. The lowest BCUT2D eigenvalue weighted by atomic mass is 10.0. The van der Waals surface area contributed by atoms with Crippen LogP contribution in [0.3, 0.4) is 0 Å². The molecule has 0 atom stereocenters. The Morgan fingerprint density at radius 2 is 2.20 bits per heavy atom. The second-order valence-corrected chi connectivity index (χ2v) is 5.08. The van der Waals surface area contributed by atoms with Gasteiger partial charge in [0, 0.05) is 24.9 Å². The molecule has 1 aliphatic rings. The molecule has 1 saturated heterocycles. The SMILES string of the molecule is Cc1ccc(OCC2CCOCC2)c(C=CC(=O)O)c1. The molecule has 1 fully saturated rings. The Kier molecular flexibility index (Phi) is 5.18. The molecule has 1 aromatic carbocycles. The highest BCUT2D eigenvalue weighted by molar-refractivity contribution is 5.85. The Hall–Kier alpha value is -1.81. The van der Waals surface area contributed by atoms with Crippen molar-refractivity contribution >= 4 is 12.0 Å². The van der Waals surface area contributed by atoms with E-state index < -0.39 is 5.97 Å². The minimum atomic E-state index is -0.957. The number of aliphatic carboxylic acids is 1. The maximum absolute atomic E-state index is 10.6. The van der Waals surface area contributed by atoms with Crippen LogP contribution < -0.4 is 4.74 Å². The van der Waals surface area contributed by atoms with E-state index in [-0.39, 0.29) is 0 Å². The molecule has 1 heterocycles. The van der Waals surface area contributed by atoms with Gasteiger partial charge in [0.1, 0.15) is 5.75 Å². The van der Waals surface area contributed by atoms with Gasteiger partial charge in [-0.15, -0.1) is 0 Å². The lowest BCUT2D eigenvalue weighted by Gasteiger charge is -2.22. The number of carboxylic acid groups (broad SMARTS) is 1. The van der Waals surface area contributed by atoms with Crippen LogP contribution in [0.1, 0.15) is 24.0 Å². The molecular weight excluding hydrogens is 256 g/mol. The lowest BCUT2D eigenvalue weighted by Crippen LogP contribution is -2.21. The Labute approximate surface area is 119 Å². The fourth-order valence-electron chi connectivity index (χ4n) is 2.21. The van der Waals surface area contributed by atoms with Gasteiger partial charge in [0.2, 0.25) is 0 Å². The van der Waals surface area contributed by atoms with Crippen molar-refractivity contribution < 1.29 is 19.4 Å². The smallest absolute Gasteiger partial charge is 0.328 e. The molecule has 4 heteroatoms. The molecule has 1 aromatic rings. The van der Waals surface area contributed by atoms with E-state index in [0.717, 1.165) is 49.0 Å². The van der Waals surface area contributed by atoms with E-state index in [1.54, 1.807) is 6.08 Å². The van der Waals surface area contributed by atoms with Crippen molar-refractivity contribution in [3.63, 3.8) is 0 Å². The molecule has 0 bridgehead atoms. The second kappa shape index (κ2) is 7.10. The molecule has 0 amide bonds. The van der Waals surface area contributed by atoms with Crippen molar-refractivity contribution in [1.29, 1.82) is 0 Å². The molecular formula is C16H20O4. The van der Waals surface area contributed by atoms with Gasteiger partial charge >= 0.3 is 5.97 Å². The minimum absolute atomic E-state index is 0.515. The van der Waals surface area contributed by atoms with E-state index in [2.05, 4.69) is 0 Å². The summed E-state index contributed by atoms with van der Waals surface area (Å²) in [5.74, 6) is 0.294. The van der Waals surface area contributed by atoms with Gasteiger partial charge in [0.25, 0.3) is 0 Å². The maximum Gasteiger partial charge on any atom is 0.328 e. The minimum Gasteiger partial charge on any atom is -0.493 e. The van der Waals surface area contributed by atoms with Crippen LogP contribution in [0.5, 0.6) is 5.75 Å². The Balaban J connectivity index is 2.03. The number of aryl methyl sites for hydroxylation is 1. The Morgan fingerprint density at radius 1 is 1.45 bits per heavy atom. The highest BCUT2D eigenvalue weighted by Crippen LogP contribution is 2.24. The van der Waals surface area contributed by atoms with Gasteiger partial charge in [-0.05, 0) is 43.9 Å². The average Bonchev–Trinajstić information content (AvgIpc) is 2.45. The first-order chi connectivity index (χ1) is 9.65. The van der Waals surface area contributed by atoms with E-state index in [0.29, 0.717) is 12.5 Å². The first kappa shape index (κ1) is 14.6. The van der Waals surface area contributed by atoms with Crippen LogP contribution in [0.4, 0.5) is 0 Å². The van der Waals surface area contributed by atoms with Crippen LogP contribution in [0, 0.1) is 12.8 Å². The van der Waals surface area contributed by atoms with Crippen LogP contribution in [0.25, 0.3) is 6.08 Å². The fraction of sp³-hybridized carbons (Fsp3) is 0.438. The Morgan fingerprint density at radius 3 is 2.90 bits per heavy atom. The van der Waals surface area contributed by atoms with Crippen molar-refractivity contribution in [1.82, 2.24) is 0 Å². The van der Waals surface area contributed by atoms with E-state index >= 15 is 0 Å². The molecule has 0 unspecified atom stereocenters. The van der Waals surface area contributed by atoms with Crippen LogP contribution in [-0.4, -0.2) is 30.9 Å². The number of carboxylic acids is 1. The van der Waals surface area contributed by atoms with Crippen LogP contribution in [0.2, 0.25) is 0 Å². The van der Waals surface area contributed by atoms with Crippen molar-refractivity contribution in [3.8, 4) is 5.75 Å². The molecule has 0 aliphatic carbocycles. The van der Waals surface area contributed by atoms with Crippen LogP contribution in [0.15, 0.2) is 24.3 Å². The van der Waals surface area contributed by atoms with Gasteiger partial charge in [0.05, 0.1) is 6.61 Å². The molecule has 20 heavy (non-hydrogen) atoms. The average molecular weight is 276 g/mol. The zero-order valence-electron chi connectivity index (χ0n) is 11.7. The fourth-order valence-corrected chi connectivity index (χ4v) is 2.21. The van der Waals surface area contributed by atoms with Gasteiger partial charge in [-0.2, -0.15) is 0 Å². The van der Waals surface area contributed by atoms with Gasteiger partial charge in [-0.1, -0.05) is 11.6 Å². The number of hydrogen-bond acceptors (Lipinski definition) is 3. The molecule has 0 aromatic heterocycles. The summed E-state index contributed by atoms with van der Waals surface area (Å²) in [6.07, 6.45) is 4.75. The monoisotopic (exact) mass is 276 g/mol. The third-order valence-corrected chi connectivity index (χ3v) is 3.39. The summed E-state index contributed by atoms with van der Waals surface area (Å²) in [7, 11) is 0. The molecule has 0 spiro atoms. The number of rotatable bonds is 5. The van der Waals surface area contributed by atoms with E-state index in [9.17, 15) is 4.79 Å². The Bertz CT molecular complexity index is 487. The summed E-state index contributed by atoms with van der Waals surface area (Å²) in [5, 5.41) is 8.73. The topological polar surface area (TPSA) is 55.8 Å². The van der Waals surface area contributed by atoms with Crippen molar-refractivity contribution in [3.05, 3.63) is 35.4 Å². The summed E-state index contributed by atoms with van der Waals surface area (Å²) in [5.41, 5.74) is 1.88. The molecule has 2 rings (SSSR count). The molecule has 1 aliphatic heterocycles. The van der Waals surface area contributed by atoms with Crippen molar-refractivity contribution in [2.45, 2.75) is 19.8 Å². The first-order valence-corrected chi connectivity index (χ1v) is 6.87. The zero-order chi connectivity index (χ0) is 14.4. The van der Waals surface area contributed by atoms with Crippen molar-refractivity contribution in [2.75, 3.05) is 19.8 Å². The predicted molar refractivity (Wildman–Crippen MR) is 76.9 cm³/mol. The summed E-state index contributed by atoms with van der Waals surface area (Å²) in [6, 6.07) is 5.80. The standard InChI is InChI=1S/C16H20O4/c1-12-2-4-15(14(10-12)3-5-16(17)18)20-11-13-6-8-19-9-7-13/h2-5,10,13H,6-9,11H2,1H3,(H,17,18). The molecule has 4 nitrogen and oxygen atoms in total. The number of ether oxygens (including phenoxy) is 2. The molecule has 1 N–H and O–H groups in total. The van der Waals surface area contributed by atoms with Gasteiger partial charge < -0.3 is 14.6 Å². The quantitative estimate of drug-likeness (QED) is 0.840. The summed E-state index contributed by atoms with van der Waals surface area (Å²) in [6.45, 7) is 4.22. The van der Waals surface area contributed by atoms with E-state index in [1.165, 1.54) is 0 Å². The lowest BCUT2D eigenvalue weighted by molar-refractivity contribution is -0.131. The number of benzene rings is 1. The van der Waals surface area contributed by atoms with E-state index in [1.807, 2.05) is 25.1 Å². The van der Waals surface area contributed by atoms with Gasteiger partial charge in [0.15, 0.2) is 0 Å². The normalized spacial score (nSPS) is 16.4. The molecule has 0 radical (unpaired) electrons. The third kappa shape index (κ3) is 4.38. The summed E-state index contributed by atoms with van der Waals surface area (Å²) < 4.78 is 11.2. The largest absolute Gasteiger partial charge is 0.493 e. The number of carbonyl (C=O) groups is 1. The summed E-state index contributed by atoms with van der Waals surface area (Å²) >= 11 is 0. The van der Waals surface area contributed by atoms with E-state index in [4.69, 9.17) is 14.6 Å². The van der Waals surface area contributed by atoms with Gasteiger partial charge in [-0.25, -0.2) is 4.79 Å². The number of hydrogen-bond donors (Lipinski definition) is 1. The van der Waals surface area contributed by atoms with Crippen molar-refractivity contribution in [2.24, 2.45) is 5.92 Å². The molecule has 108 valence electrons. The zero-order valence-corrected chi connectivity index (χ0v) is 11.7. The molecule has 0 saturated carbocycles. The predicted octanol–water partition coefficient (Wildman–Crippen LogP) is 2.90. The second-order valence-electron chi connectivity index (χ2n) is 5.08. The maximum atomic E-state index is 10.6. The highest BCUT2D eigenvalue weighted by atomic mass is 16.5. The first-order valence-electron chi connectivity index (χ1n) is 6.87. The van der Waals surface area contributed by atoms with Crippen LogP contribution in [-0.2, 0) is 9.53 Å². The van der Waals surface area contributed by atoms with Crippen LogP contribution >= 0.6 is 0 Å². The highest BCUT2D eigenvalue weighted by Gasteiger charge is 2.15. The summed E-state index contributed by atoms with van der Waals surface area (Å²) in [4.78, 5) is 10.6.